The molecule has 1 aromatic rings. The Kier molecular flexibility index (Phi) is 6.90. The van der Waals surface area contributed by atoms with Gasteiger partial charge in [-0.2, -0.15) is 0 Å². The minimum atomic E-state index is -0.423. The maximum Gasteiger partial charge on any atom is 0.237 e. The third-order valence-electron chi connectivity index (χ3n) is 3.54. The molecule has 1 amide bonds. The molecule has 1 aromatic carbocycles. The number of rotatable bonds is 7. The highest BCUT2D eigenvalue weighted by Gasteiger charge is 2.17. The summed E-state index contributed by atoms with van der Waals surface area (Å²) >= 11 is 0. The molecule has 2 atom stereocenters. The summed E-state index contributed by atoms with van der Waals surface area (Å²) in [6.07, 6.45) is 1.80. The van der Waals surface area contributed by atoms with E-state index in [4.69, 9.17) is 5.73 Å². The Labute approximate surface area is 129 Å². The highest BCUT2D eigenvalue weighted by Crippen LogP contribution is 2.16. The van der Waals surface area contributed by atoms with Gasteiger partial charge in [0.25, 0.3) is 0 Å². The van der Waals surface area contributed by atoms with Crippen molar-refractivity contribution in [1.82, 2.24) is 5.32 Å². The van der Waals surface area contributed by atoms with Crippen molar-refractivity contribution in [1.29, 1.82) is 0 Å². The maximum absolute atomic E-state index is 12.0. The average molecular weight is 290 g/mol. The SMILES string of the molecule is CC(C)Cc1ccc(C(C)NC(=O)[C@@H](N)CC(C)C)cc1. The molecule has 0 aliphatic carbocycles. The van der Waals surface area contributed by atoms with Gasteiger partial charge in [-0.25, -0.2) is 0 Å². The third kappa shape index (κ3) is 6.30. The van der Waals surface area contributed by atoms with E-state index < -0.39 is 6.04 Å². The van der Waals surface area contributed by atoms with Crippen LogP contribution in [0.25, 0.3) is 0 Å². The van der Waals surface area contributed by atoms with Crippen LogP contribution in [0.2, 0.25) is 0 Å². The van der Waals surface area contributed by atoms with Gasteiger partial charge in [0.2, 0.25) is 5.91 Å². The van der Waals surface area contributed by atoms with Gasteiger partial charge >= 0.3 is 0 Å². The second kappa shape index (κ2) is 8.18. The average Bonchev–Trinajstić information content (AvgIpc) is 2.37. The highest BCUT2D eigenvalue weighted by atomic mass is 16.2. The highest BCUT2D eigenvalue weighted by molar-refractivity contribution is 5.81. The zero-order valence-electron chi connectivity index (χ0n) is 14.0. The molecule has 0 heterocycles. The minimum Gasteiger partial charge on any atom is -0.348 e. The summed E-state index contributed by atoms with van der Waals surface area (Å²) in [7, 11) is 0. The molecule has 0 saturated heterocycles. The van der Waals surface area contributed by atoms with E-state index in [1.165, 1.54) is 5.56 Å². The van der Waals surface area contributed by atoms with E-state index in [1.807, 2.05) is 6.92 Å². The number of amides is 1. The number of benzene rings is 1. The van der Waals surface area contributed by atoms with E-state index in [0.29, 0.717) is 18.3 Å². The van der Waals surface area contributed by atoms with Gasteiger partial charge in [-0.3, -0.25) is 4.79 Å². The minimum absolute atomic E-state index is 0.0104. The second-order valence-corrected chi connectivity index (χ2v) is 6.81. The van der Waals surface area contributed by atoms with Gasteiger partial charge in [0.15, 0.2) is 0 Å². The van der Waals surface area contributed by atoms with E-state index in [9.17, 15) is 4.79 Å². The van der Waals surface area contributed by atoms with Crippen LogP contribution in [0.4, 0.5) is 0 Å². The first-order chi connectivity index (χ1) is 9.79. The molecule has 0 spiro atoms. The Morgan fingerprint density at radius 2 is 1.62 bits per heavy atom. The lowest BCUT2D eigenvalue weighted by Gasteiger charge is -2.19. The number of nitrogens with two attached hydrogens (primary N) is 1. The van der Waals surface area contributed by atoms with Crippen molar-refractivity contribution in [3.63, 3.8) is 0 Å². The first kappa shape index (κ1) is 17.7. The number of hydrogen-bond donors (Lipinski definition) is 2. The van der Waals surface area contributed by atoms with Crippen molar-refractivity contribution < 1.29 is 4.79 Å². The topological polar surface area (TPSA) is 55.1 Å². The van der Waals surface area contributed by atoms with Crippen molar-refractivity contribution in [3.05, 3.63) is 35.4 Å². The molecule has 3 N–H and O–H groups in total. The molecule has 0 fully saturated rings. The van der Waals surface area contributed by atoms with Gasteiger partial charge in [-0.1, -0.05) is 52.0 Å². The van der Waals surface area contributed by atoms with Gasteiger partial charge in [0, 0.05) is 0 Å². The van der Waals surface area contributed by atoms with Crippen LogP contribution in [0.3, 0.4) is 0 Å². The van der Waals surface area contributed by atoms with E-state index in [2.05, 4.69) is 57.3 Å². The Bertz CT molecular complexity index is 437. The van der Waals surface area contributed by atoms with Crippen LogP contribution in [0.15, 0.2) is 24.3 Å². The molecule has 21 heavy (non-hydrogen) atoms. The van der Waals surface area contributed by atoms with E-state index >= 15 is 0 Å². The second-order valence-electron chi connectivity index (χ2n) is 6.81. The van der Waals surface area contributed by atoms with Crippen LogP contribution in [0.5, 0.6) is 0 Å². The molecule has 1 rings (SSSR count). The number of nitrogens with one attached hydrogen (secondary N) is 1. The monoisotopic (exact) mass is 290 g/mol. The van der Waals surface area contributed by atoms with Gasteiger partial charge < -0.3 is 11.1 Å². The van der Waals surface area contributed by atoms with Crippen LogP contribution in [-0.2, 0) is 11.2 Å². The Morgan fingerprint density at radius 1 is 1.05 bits per heavy atom. The van der Waals surface area contributed by atoms with Crippen LogP contribution in [-0.4, -0.2) is 11.9 Å². The molecule has 0 aliphatic rings. The standard InChI is InChI=1S/C18H30N2O/c1-12(2)10-15-6-8-16(9-7-15)14(5)20-18(21)17(19)11-13(3)4/h6-9,12-14,17H,10-11,19H2,1-5H3,(H,20,21)/t14?,17-/m0/s1. The zero-order chi connectivity index (χ0) is 16.0. The summed E-state index contributed by atoms with van der Waals surface area (Å²) in [4.78, 5) is 12.0. The van der Waals surface area contributed by atoms with Crippen molar-refractivity contribution in [2.45, 2.75) is 59.5 Å². The van der Waals surface area contributed by atoms with Gasteiger partial charge in [0.1, 0.15) is 0 Å². The predicted molar refractivity (Wildman–Crippen MR) is 89.0 cm³/mol. The van der Waals surface area contributed by atoms with E-state index in [0.717, 1.165) is 12.0 Å². The van der Waals surface area contributed by atoms with Gasteiger partial charge in [-0.15, -0.1) is 0 Å². The van der Waals surface area contributed by atoms with Gasteiger partial charge in [0.05, 0.1) is 12.1 Å². The smallest absolute Gasteiger partial charge is 0.237 e. The third-order valence-corrected chi connectivity index (χ3v) is 3.54. The zero-order valence-corrected chi connectivity index (χ0v) is 14.0. The molecule has 0 aromatic heterocycles. The lowest BCUT2D eigenvalue weighted by Crippen LogP contribution is -2.42. The molecular formula is C18H30N2O. The Morgan fingerprint density at radius 3 is 2.10 bits per heavy atom. The molecule has 0 saturated carbocycles. The molecule has 3 heteroatoms. The first-order valence-corrected chi connectivity index (χ1v) is 7.94. The summed E-state index contributed by atoms with van der Waals surface area (Å²) in [5.41, 5.74) is 8.37. The summed E-state index contributed by atoms with van der Waals surface area (Å²) in [6, 6.07) is 8.04. The molecule has 3 nitrogen and oxygen atoms in total. The van der Waals surface area contributed by atoms with Crippen LogP contribution in [0.1, 0.15) is 58.2 Å². The van der Waals surface area contributed by atoms with E-state index in [1.54, 1.807) is 0 Å². The molecule has 1 unspecified atom stereocenters. The fourth-order valence-corrected chi connectivity index (χ4v) is 2.43. The van der Waals surface area contributed by atoms with Crippen LogP contribution in [0, 0.1) is 11.8 Å². The molecule has 0 aliphatic heterocycles. The predicted octanol–water partition coefficient (Wildman–Crippen LogP) is 3.44. The number of hydrogen-bond acceptors (Lipinski definition) is 2. The number of carbonyl (C=O) groups is 1. The first-order valence-electron chi connectivity index (χ1n) is 7.94. The molecule has 0 bridgehead atoms. The van der Waals surface area contributed by atoms with Gasteiger partial charge in [-0.05, 0) is 42.7 Å². The molecular weight excluding hydrogens is 260 g/mol. The summed E-state index contributed by atoms with van der Waals surface area (Å²) < 4.78 is 0. The Balaban J connectivity index is 2.58. The number of carbonyl (C=O) groups excluding carboxylic acids is 1. The van der Waals surface area contributed by atoms with Crippen molar-refractivity contribution in [2.24, 2.45) is 17.6 Å². The largest absolute Gasteiger partial charge is 0.348 e. The normalized spacial score (nSPS) is 14.3. The Hall–Kier alpha value is -1.35. The summed E-state index contributed by atoms with van der Waals surface area (Å²) in [5.74, 6) is 1.01. The fraction of sp³-hybridized carbons (Fsp3) is 0.611. The summed E-state index contributed by atoms with van der Waals surface area (Å²) in [6.45, 7) is 10.6. The van der Waals surface area contributed by atoms with Crippen LogP contribution >= 0.6 is 0 Å². The van der Waals surface area contributed by atoms with Crippen molar-refractivity contribution >= 4 is 5.91 Å². The van der Waals surface area contributed by atoms with E-state index in [-0.39, 0.29) is 11.9 Å². The quantitative estimate of drug-likeness (QED) is 0.808. The molecule has 0 radical (unpaired) electrons. The van der Waals surface area contributed by atoms with Crippen LogP contribution < -0.4 is 11.1 Å². The summed E-state index contributed by atoms with van der Waals surface area (Å²) in [5, 5.41) is 3.00. The fourth-order valence-electron chi connectivity index (χ4n) is 2.43. The lowest BCUT2D eigenvalue weighted by atomic mass is 9.99. The van der Waals surface area contributed by atoms with Crippen molar-refractivity contribution in [2.75, 3.05) is 0 Å². The van der Waals surface area contributed by atoms with Crippen molar-refractivity contribution in [3.8, 4) is 0 Å². The molecule has 118 valence electrons. The maximum atomic E-state index is 12.0. The lowest BCUT2D eigenvalue weighted by molar-refractivity contribution is -0.123.